The number of carbonyl (C=O) groups is 2. The summed E-state index contributed by atoms with van der Waals surface area (Å²) < 4.78 is 6.21. The Balaban J connectivity index is 1.59. The van der Waals surface area contributed by atoms with E-state index in [0.29, 0.717) is 12.1 Å². The van der Waals surface area contributed by atoms with Crippen LogP contribution in [-0.2, 0) is 14.3 Å². The number of carbonyl (C=O) groups excluding carboxylic acids is 2. The van der Waals surface area contributed by atoms with Crippen molar-refractivity contribution in [2.45, 2.75) is 25.6 Å². The van der Waals surface area contributed by atoms with Gasteiger partial charge in [-0.1, -0.05) is 60.7 Å². The van der Waals surface area contributed by atoms with E-state index < -0.39 is 12.0 Å². The molecule has 2 amide bonds. The molecule has 4 heteroatoms. The molecule has 0 spiro atoms. The van der Waals surface area contributed by atoms with Gasteiger partial charge in [0.25, 0.3) is 0 Å². The molecule has 132 valence electrons. The lowest BCUT2D eigenvalue weighted by atomic mass is 9.83. The normalized spacial score (nSPS) is 26.0. The molecule has 0 saturated carbocycles. The molecule has 0 aromatic heterocycles. The van der Waals surface area contributed by atoms with Crippen LogP contribution in [0.1, 0.15) is 25.0 Å². The number of anilines is 1. The van der Waals surface area contributed by atoms with Gasteiger partial charge in [-0.25, -0.2) is 4.90 Å². The maximum absolute atomic E-state index is 13.1. The summed E-state index contributed by atoms with van der Waals surface area (Å²) in [5, 5.41) is 0. The Morgan fingerprint density at radius 3 is 2.31 bits per heavy atom. The molecule has 2 aromatic rings. The predicted molar refractivity (Wildman–Crippen MR) is 99.4 cm³/mol. The molecule has 4 rings (SSSR count). The summed E-state index contributed by atoms with van der Waals surface area (Å²) in [6.45, 7) is 1.98. The van der Waals surface area contributed by atoms with Gasteiger partial charge in [0, 0.05) is 0 Å². The van der Waals surface area contributed by atoms with Crippen molar-refractivity contribution in [1.29, 1.82) is 0 Å². The van der Waals surface area contributed by atoms with E-state index in [1.807, 2.05) is 67.6 Å². The zero-order chi connectivity index (χ0) is 18.1. The number of hydrogen-bond acceptors (Lipinski definition) is 3. The van der Waals surface area contributed by atoms with E-state index in [9.17, 15) is 9.59 Å². The number of para-hydroxylation sites is 1. The highest BCUT2D eigenvalue weighted by Crippen LogP contribution is 2.40. The average Bonchev–Trinajstić information content (AvgIpc) is 2.94. The fraction of sp³-hybridized carbons (Fsp3) is 0.273. The van der Waals surface area contributed by atoms with Crippen LogP contribution in [0.3, 0.4) is 0 Å². The first-order chi connectivity index (χ1) is 12.7. The third kappa shape index (κ3) is 2.86. The molecule has 1 aliphatic carbocycles. The van der Waals surface area contributed by atoms with Gasteiger partial charge in [-0.15, -0.1) is 0 Å². The van der Waals surface area contributed by atoms with Crippen molar-refractivity contribution in [1.82, 2.24) is 0 Å². The number of allylic oxidation sites excluding steroid dienone is 1. The Labute approximate surface area is 153 Å². The van der Waals surface area contributed by atoms with Crippen LogP contribution >= 0.6 is 0 Å². The zero-order valence-corrected chi connectivity index (χ0v) is 14.6. The fourth-order valence-electron chi connectivity index (χ4n) is 3.85. The number of nitrogens with zero attached hydrogens (tertiary/aromatic N) is 1. The van der Waals surface area contributed by atoms with Gasteiger partial charge in [0.1, 0.15) is 0 Å². The molecular formula is C22H21NO3. The second-order valence-corrected chi connectivity index (χ2v) is 6.80. The molecule has 0 bridgehead atoms. The first-order valence-corrected chi connectivity index (χ1v) is 8.97. The molecule has 26 heavy (non-hydrogen) atoms. The highest BCUT2D eigenvalue weighted by molar-refractivity contribution is 6.22. The standard InChI is InChI=1S/C22H21NO3/c1-15(16-9-4-2-5-10-16)26-19-14-8-13-18-20(19)22(25)23(21(18)24)17-11-6-3-7-12-17/h2-12,14-15,18-20H,13H2,1H3/t15-,18-,19+,20-/m1/s1. The Kier molecular flexibility index (Phi) is 4.43. The van der Waals surface area contributed by atoms with Gasteiger partial charge in [0.15, 0.2) is 0 Å². The molecule has 4 atom stereocenters. The van der Waals surface area contributed by atoms with Crippen molar-refractivity contribution >= 4 is 17.5 Å². The van der Waals surface area contributed by atoms with Crippen LogP contribution in [0.15, 0.2) is 72.8 Å². The summed E-state index contributed by atoms with van der Waals surface area (Å²) in [7, 11) is 0. The molecule has 0 N–H and O–H groups in total. The van der Waals surface area contributed by atoms with Crippen LogP contribution in [0.25, 0.3) is 0 Å². The molecule has 0 radical (unpaired) electrons. The smallest absolute Gasteiger partial charge is 0.240 e. The van der Waals surface area contributed by atoms with Crippen LogP contribution < -0.4 is 4.90 Å². The second kappa shape index (κ2) is 6.89. The van der Waals surface area contributed by atoms with Crippen LogP contribution in [-0.4, -0.2) is 17.9 Å². The summed E-state index contributed by atoms with van der Waals surface area (Å²) in [6, 6.07) is 19.0. The van der Waals surface area contributed by atoms with E-state index in [2.05, 4.69) is 0 Å². The van der Waals surface area contributed by atoms with E-state index in [4.69, 9.17) is 4.74 Å². The molecule has 1 heterocycles. The summed E-state index contributed by atoms with van der Waals surface area (Å²) in [6.07, 6.45) is 3.93. The van der Waals surface area contributed by atoms with Crippen LogP contribution in [0.2, 0.25) is 0 Å². The van der Waals surface area contributed by atoms with Gasteiger partial charge in [-0.2, -0.15) is 0 Å². The first kappa shape index (κ1) is 16.7. The first-order valence-electron chi connectivity index (χ1n) is 8.97. The van der Waals surface area contributed by atoms with E-state index >= 15 is 0 Å². The molecule has 1 saturated heterocycles. The number of hydrogen-bond donors (Lipinski definition) is 0. The Morgan fingerprint density at radius 1 is 0.962 bits per heavy atom. The molecule has 2 aliphatic rings. The largest absolute Gasteiger partial charge is 0.366 e. The Hall–Kier alpha value is -2.72. The molecule has 1 fully saturated rings. The molecule has 2 aromatic carbocycles. The van der Waals surface area contributed by atoms with Crippen molar-refractivity contribution in [2.75, 3.05) is 4.90 Å². The Bertz CT molecular complexity index is 831. The van der Waals surface area contributed by atoms with Gasteiger partial charge in [-0.3, -0.25) is 9.59 Å². The minimum Gasteiger partial charge on any atom is -0.366 e. The average molecular weight is 347 g/mol. The monoisotopic (exact) mass is 347 g/mol. The highest BCUT2D eigenvalue weighted by Gasteiger charge is 2.52. The third-order valence-corrected chi connectivity index (χ3v) is 5.19. The molecule has 0 unspecified atom stereocenters. The van der Waals surface area contributed by atoms with Gasteiger partial charge in [0.05, 0.1) is 29.7 Å². The van der Waals surface area contributed by atoms with Gasteiger partial charge in [-0.05, 0) is 31.0 Å². The van der Waals surface area contributed by atoms with E-state index in [1.165, 1.54) is 4.90 Å². The number of ether oxygens (including phenoxy) is 1. The van der Waals surface area contributed by atoms with Crippen molar-refractivity contribution in [3.05, 3.63) is 78.4 Å². The topological polar surface area (TPSA) is 46.6 Å². The number of amides is 2. The number of benzene rings is 2. The van der Waals surface area contributed by atoms with Crippen LogP contribution in [0.5, 0.6) is 0 Å². The molecule has 1 aliphatic heterocycles. The number of imide groups is 1. The molecule has 4 nitrogen and oxygen atoms in total. The van der Waals surface area contributed by atoms with E-state index in [1.54, 1.807) is 12.1 Å². The lowest BCUT2D eigenvalue weighted by Crippen LogP contribution is -2.36. The van der Waals surface area contributed by atoms with Gasteiger partial charge >= 0.3 is 0 Å². The van der Waals surface area contributed by atoms with Gasteiger partial charge < -0.3 is 4.74 Å². The minimum atomic E-state index is -0.459. The van der Waals surface area contributed by atoms with Gasteiger partial charge in [0.2, 0.25) is 11.8 Å². The lowest BCUT2D eigenvalue weighted by molar-refractivity contribution is -0.127. The van der Waals surface area contributed by atoms with Crippen molar-refractivity contribution in [3.8, 4) is 0 Å². The van der Waals surface area contributed by atoms with Crippen molar-refractivity contribution in [2.24, 2.45) is 11.8 Å². The SMILES string of the molecule is C[C@@H](O[C@H]1C=CC[C@H]2C(=O)N(c3ccccc3)C(=O)[C@@H]12)c1ccccc1. The zero-order valence-electron chi connectivity index (χ0n) is 14.6. The van der Waals surface area contributed by atoms with Crippen LogP contribution in [0, 0.1) is 11.8 Å². The van der Waals surface area contributed by atoms with Crippen molar-refractivity contribution in [3.63, 3.8) is 0 Å². The summed E-state index contributed by atoms with van der Waals surface area (Å²) in [5.41, 5.74) is 1.69. The van der Waals surface area contributed by atoms with Crippen molar-refractivity contribution < 1.29 is 14.3 Å². The van der Waals surface area contributed by atoms with E-state index in [0.717, 1.165) is 5.56 Å². The molecular weight excluding hydrogens is 326 g/mol. The minimum absolute atomic E-state index is 0.128. The maximum Gasteiger partial charge on any atom is 0.240 e. The third-order valence-electron chi connectivity index (χ3n) is 5.19. The number of fused-ring (bicyclic) bond motifs is 1. The number of rotatable bonds is 4. The summed E-state index contributed by atoms with van der Waals surface area (Å²) in [5.74, 6) is -1.10. The van der Waals surface area contributed by atoms with Crippen LogP contribution in [0.4, 0.5) is 5.69 Å². The highest BCUT2D eigenvalue weighted by atomic mass is 16.5. The summed E-state index contributed by atoms with van der Waals surface area (Å²) >= 11 is 0. The predicted octanol–water partition coefficient (Wildman–Crippen LogP) is 3.90. The maximum atomic E-state index is 13.1. The quantitative estimate of drug-likeness (QED) is 0.622. The lowest BCUT2D eigenvalue weighted by Gasteiger charge is -2.29. The van der Waals surface area contributed by atoms with E-state index in [-0.39, 0.29) is 23.8 Å². The fourth-order valence-corrected chi connectivity index (χ4v) is 3.85. The second-order valence-electron chi connectivity index (χ2n) is 6.80. The summed E-state index contributed by atoms with van der Waals surface area (Å²) in [4.78, 5) is 27.3. The Morgan fingerprint density at radius 2 is 1.62 bits per heavy atom.